The van der Waals surface area contributed by atoms with Gasteiger partial charge in [-0.05, 0) is 84.6 Å². The molecule has 0 radical (unpaired) electrons. The Balaban J connectivity index is 1.51. The van der Waals surface area contributed by atoms with Crippen LogP contribution in [-0.2, 0) is 6.42 Å². The largest absolute Gasteiger partial charge is 0.436 e. The van der Waals surface area contributed by atoms with Crippen LogP contribution in [0.15, 0.2) is 65.1 Å². The number of oxazole rings is 1. The van der Waals surface area contributed by atoms with E-state index in [4.69, 9.17) is 28.2 Å². The molecule has 0 fully saturated rings. The van der Waals surface area contributed by atoms with Crippen LogP contribution in [0.5, 0.6) is 0 Å². The van der Waals surface area contributed by atoms with E-state index in [0.29, 0.717) is 28.1 Å². The van der Waals surface area contributed by atoms with Crippen molar-refractivity contribution in [1.29, 1.82) is 0 Å². The van der Waals surface area contributed by atoms with E-state index >= 15 is 0 Å². The number of hydrogen-bond acceptors (Lipinski definition) is 4. The number of anilines is 1. The van der Waals surface area contributed by atoms with Crippen LogP contribution in [0, 0.1) is 0 Å². The predicted octanol–water partition coefficient (Wildman–Crippen LogP) is 7.35. The van der Waals surface area contributed by atoms with E-state index in [9.17, 15) is 4.79 Å². The van der Waals surface area contributed by atoms with Crippen LogP contribution in [-0.4, -0.2) is 16.0 Å². The topological polar surface area (TPSA) is 67.2 Å². The molecular weight excluding hydrogens is 466 g/mol. The summed E-state index contributed by atoms with van der Waals surface area (Å²) in [4.78, 5) is 17.2. The Morgan fingerprint density at radius 1 is 1.09 bits per heavy atom. The highest BCUT2D eigenvalue weighted by atomic mass is 35.5. The zero-order valence-electron chi connectivity index (χ0n) is 19.3. The lowest BCUT2D eigenvalue weighted by atomic mass is 9.98. The fraction of sp³-hybridized carbons (Fsp3) is 0.222. The van der Waals surface area contributed by atoms with E-state index in [0.717, 1.165) is 35.1 Å². The fourth-order valence-electron chi connectivity index (χ4n) is 3.58. The quantitative estimate of drug-likeness (QED) is 0.276. The molecule has 1 atom stereocenters. The molecule has 0 aliphatic heterocycles. The molecular formula is C27H26ClN3O2S. The van der Waals surface area contributed by atoms with Gasteiger partial charge in [0, 0.05) is 11.1 Å². The van der Waals surface area contributed by atoms with Gasteiger partial charge in [-0.15, -0.1) is 0 Å². The summed E-state index contributed by atoms with van der Waals surface area (Å²) in [5, 5.41) is 6.32. The van der Waals surface area contributed by atoms with Crippen LogP contribution < -0.4 is 10.6 Å². The smallest absolute Gasteiger partial charge is 0.257 e. The number of aromatic nitrogens is 1. The van der Waals surface area contributed by atoms with E-state index in [1.54, 1.807) is 24.3 Å². The van der Waals surface area contributed by atoms with Gasteiger partial charge in [0.25, 0.3) is 5.91 Å². The van der Waals surface area contributed by atoms with Crippen molar-refractivity contribution in [2.45, 2.75) is 39.5 Å². The summed E-state index contributed by atoms with van der Waals surface area (Å²) in [5.74, 6) is 0.655. The van der Waals surface area contributed by atoms with Crippen molar-refractivity contribution in [3.63, 3.8) is 0 Å². The Labute approximate surface area is 209 Å². The van der Waals surface area contributed by atoms with Crippen LogP contribution in [0.1, 0.15) is 54.6 Å². The second-order valence-corrected chi connectivity index (χ2v) is 9.02. The normalized spacial score (nSPS) is 11.9. The molecule has 0 saturated carbocycles. The van der Waals surface area contributed by atoms with Crippen LogP contribution in [0.25, 0.3) is 22.6 Å². The van der Waals surface area contributed by atoms with Gasteiger partial charge in [-0.25, -0.2) is 4.98 Å². The highest BCUT2D eigenvalue weighted by Gasteiger charge is 2.14. The van der Waals surface area contributed by atoms with E-state index < -0.39 is 0 Å². The molecule has 2 N–H and O–H groups in total. The predicted molar refractivity (Wildman–Crippen MR) is 143 cm³/mol. The van der Waals surface area contributed by atoms with Crippen LogP contribution >= 0.6 is 23.8 Å². The fourth-order valence-corrected chi connectivity index (χ4v) is 3.95. The summed E-state index contributed by atoms with van der Waals surface area (Å²) in [6, 6.07) is 18.9. The second-order valence-electron chi connectivity index (χ2n) is 8.21. The maximum atomic E-state index is 12.5. The lowest BCUT2D eigenvalue weighted by molar-refractivity contribution is 0.0977. The molecule has 1 amide bonds. The minimum atomic E-state index is -0.288. The van der Waals surface area contributed by atoms with Gasteiger partial charge in [0.15, 0.2) is 10.7 Å². The van der Waals surface area contributed by atoms with Gasteiger partial charge in [0.2, 0.25) is 5.89 Å². The molecule has 5 nitrogen and oxygen atoms in total. The van der Waals surface area contributed by atoms with Crippen LogP contribution in [0.3, 0.4) is 0 Å². The number of fused-ring (bicyclic) bond motifs is 1. The minimum Gasteiger partial charge on any atom is -0.436 e. The number of hydrogen-bond donors (Lipinski definition) is 2. The minimum absolute atomic E-state index is 0.152. The summed E-state index contributed by atoms with van der Waals surface area (Å²) in [6.45, 7) is 6.43. The van der Waals surface area contributed by atoms with Gasteiger partial charge in [0.05, 0.1) is 10.7 Å². The SMILES string of the molecule is CCc1ccc(C(=O)NC(=S)Nc2cc(-c3nc4cc([C@@H](C)CC)ccc4o3)ccc2Cl)cc1. The molecule has 0 saturated heterocycles. The van der Waals surface area contributed by atoms with Gasteiger partial charge in [-0.3, -0.25) is 10.1 Å². The van der Waals surface area contributed by atoms with Crippen LogP contribution in [0.4, 0.5) is 5.69 Å². The molecule has 4 rings (SSSR count). The molecule has 3 aromatic carbocycles. The summed E-state index contributed by atoms with van der Waals surface area (Å²) in [7, 11) is 0. The number of benzene rings is 3. The van der Waals surface area contributed by atoms with Crippen molar-refractivity contribution in [3.05, 3.63) is 82.4 Å². The Kier molecular flexibility index (Phi) is 7.29. The van der Waals surface area contributed by atoms with Crippen LogP contribution in [0.2, 0.25) is 5.02 Å². The highest BCUT2D eigenvalue weighted by molar-refractivity contribution is 7.80. The Hall–Kier alpha value is -3.22. The Morgan fingerprint density at radius 3 is 2.56 bits per heavy atom. The molecule has 0 spiro atoms. The first kappa shape index (κ1) is 23.9. The van der Waals surface area contributed by atoms with E-state index in [1.165, 1.54) is 5.56 Å². The molecule has 34 heavy (non-hydrogen) atoms. The standard InChI is InChI=1S/C27H26ClN3O2S/c1-4-16(3)19-11-13-24-23(14-19)29-26(33-24)20-10-12-21(28)22(15-20)30-27(34)31-25(32)18-8-6-17(5-2)7-9-18/h6-16H,4-5H2,1-3H3,(H2,30,31,32,34)/t16-/m0/s1. The Bertz CT molecular complexity index is 1350. The molecule has 0 aliphatic carbocycles. The lowest BCUT2D eigenvalue weighted by Gasteiger charge is -2.12. The number of halogens is 1. The monoisotopic (exact) mass is 491 g/mol. The number of rotatable bonds is 6. The van der Waals surface area contributed by atoms with Gasteiger partial charge in [-0.1, -0.05) is 50.6 Å². The summed E-state index contributed by atoms with van der Waals surface area (Å²) >= 11 is 11.7. The summed E-state index contributed by atoms with van der Waals surface area (Å²) in [5.41, 5.74) is 5.77. The second kappa shape index (κ2) is 10.4. The first-order chi connectivity index (χ1) is 16.4. The molecule has 0 bridgehead atoms. The van der Waals surface area contributed by atoms with Gasteiger partial charge < -0.3 is 9.73 Å². The number of aryl methyl sites for hydroxylation is 1. The summed E-state index contributed by atoms with van der Waals surface area (Å²) < 4.78 is 5.98. The lowest BCUT2D eigenvalue weighted by Crippen LogP contribution is -2.34. The average molecular weight is 492 g/mol. The first-order valence-electron chi connectivity index (χ1n) is 11.3. The number of nitrogens with one attached hydrogen (secondary N) is 2. The number of thiocarbonyl (C=S) groups is 1. The number of amides is 1. The molecule has 0 aliphatic rings. The van der Waals surface area contributed by atoms with Gasteiger partial charge >= 0.3 is 0 Å². The molecule has 7 heteroatoms. The van der Waals surface area contributed by atoms with E-state index in [2.05, 4.69) is 48.5 Å². The van der Waals surface area contributed by atoms with E-state index in [-0.39, 0.29) is 11.0 Å². The third-order valence-corrected chi connectivity index (χ3v) is 6.44. The van der Waals surface area contributed by atoms with Crippen molar-refractivity contribution in [3.8, 4) is 11.5 Å². The highest BCUT2D eigenvalue weighted by Crippen LogP contribution is 2.31. The average Bonchev–Trinajstić information content (AvgIpc) is 3.28. The number of nitrogens with zero attached hydrogens (tertiary/aromatic N) is 1. The van der Waals surface area contributed by atoms with E-state index in [1.807, 2.05) is 24.3 Å². The Morgan fingerprint density at radius 2 is 1.85 bits per heavy atom. The zero-order chi connectivity index (χ0) is 24.2. The maximum Gasteiger partial charge on any atom is 0.257 e. The number of carbonyl (C=O) groups excluding carboxylic acids is 1. The third-order valence-electron chi connectivity index (χ3n) is 5.91. The van der Waals surface area contributed by atoms with Crippen molar-refractivity contribution in [2.75, 3.05) is 5.32 Å². The van der Waals surface area contributed by atoms with Gasteiger partial charge in [0.1, 0.15) is 5.52 Å². The third kappa shape index (κ3) is 5.29. The maximum absolute atomic E-state index is 12.5. The van der Waals surface area contributed by atoms with Crippen molar-refractivity contribution < 1.29 is 9.21 Å². The molecule has 4 aromatic rings. The zero-order valence-corrected chi connectivity index (χ0v) is 20.9. The van der Waals surface area contributed by atoms with Crippen molar-refractivity contribution >= 4 is 51.6 Å². The van der Waals surface area contributed by atoms with Crippen molar-refractivity contribution in [2.24, 2.45) is 0 Å². The van der Waals surface area contributed by atoms with Crippen molar-refractivity contribution in [1.82, 2.24) is 10.3 Å². The molecule has 0 unspecified atom stereocenters. The summed E-state index contributed by atoms with van der Waals surface area (Å²) in [6.07, 6.45) is 1.97. The molecule has 1 heterocycles. The molecule has 174 valence electrons. The van der Waals surface area contributed by atoms with Gasteiger partial charge in [-0.2, -0.15) is 0 Å². The number of carbonyl (C=O) groups is 1. The first-order valence-corrected chi connectivity index (χ1v) is 12.1. The molecule has 1 aromatic heterocycles.